The Labute approximate surface area is 200 Å². The number of fused-ring (bicyclic) bond motifs is 1. The summed E-state index contributed by atoms with van der Waals surface area (Å²) in [4.78, 5) is 38.7. The zero-order valence-electron chi connectivity index (χ0n) is 18.5. The van der Waals surface area contributed by atoms with E-state index in [0.29, 0.717) is 27.1 Å². The third kappa shape index (κ3) is 4.25. The van der Waals surface area contributed by atoms with Crippen molar-refractivity contribution in [3.63, 3.8) is 0 Å². The van der Waals surface area contributed by atoms with Gasteiger partial charge in [0.2, 0.25) is 0 Å². The summed E-state index contributed by atoms with van der Waals surface area (Å²) in [6.07, 6.45) is 0.177. The Morgan fingerprint density at radius 2 is 1.82 bits per heavy atom. The second kappa shape index (κ2) is 9.62. The molecule has 0 bridgehead atoms. The van der Waals surface area contributed by atoms with Gasteiger partial charge in [0.05, 0.1) is 31.1 Å². The molecule has 0 aliphatic carbocycles. The summed E-state index contributed by atoms with van der Waals surface area (Å²) < 4.78 is 2.68. The fraction of sp³-hybridized carbons (Fsp3) is 0.200. The third-order valence-electron chi connectivity index (χ3n) is 5.60. The number of rotatable bonds is 8. The number of Topliss-reactive ketones (excluding diaryl/α,β-unsaturated/α-hetero) is 1. The van der Waals surface area contributed by atoms with Gasteiger partial charge in [0.15, 0.2) is 5.78 Å². The van der Waals surface area contributed by atoms with Crippen LogP contribution in [0.25, 0.3) is 21.9 Å². The molecular weight excluding hydrogens is 456 g/mol. The van der Waals surface area contributed by atoms with Crippen LogP contribution in [-0.4, -0.2) is 37.8 Å². The number of nitrogens with zero attached hydrogens (tertiary/aromatic N) is 3. The van der Waals surface area contributed by atoms with Gasteiger partial charge in [-0.15, -0.1) is 0 Å². The zero-order chi connectivity index (χ0) is 24.4. The van der Waals surface area contributed by atoms with Crippen LogP contribution in [0.4, 0.5) is 0 Å². The monoisotopic (exact) mass is 478 g/mol. The van der Waals surface area contributed by atoms with E-state index >= 15 is 0 Å². The maximum absolute atomic E-state index is 13.6. The molecule has 174 valence electrons. The van der Waals surface area contributed by atoms with Crippen molar-refractivity contribution in [2.24, 2.45) is 5.73 Å². The average Bonchev–Trinajstić information content (AvgIpc) is 3.23. The van der Waals surface area contributed by atoms with Crippen LogP contribution in [0.5, 0.6) is 0 Å². The number of ketones is 1. The van der Waals surface area contributed by atoms with Crippen LogP contribution in [0.2, 0.25) is 5.02 Å². The summed E-state index contributed by atoms with van der Waals surface area (Å²) in [5, 5.41) is 15.1. The molecule has 0 spiro atoms. The van der Waals surface area contributed by atoms with E-state index in [4.69, 9.17) is 17.3 Å². The Balaban J connectivity index is 2.05. The number of halogens is 1. The zero-order valence-corrected chi connectivity index (χ0v) is 19.2. The number of amides is 1. The minimum atomic E-state index is -0.706. The molecule has 0 aliphatic heterocycles. The van der Waals surface area contributed by atoms with Gasteiger partial charge in [-0.2, -0.15) is 5.10 Å². The van der Waals surface area contributed by atoms with Crippen LogP contribution < -0.4 is 11.3 Å². The SMILES string of the molecule is CCC(=O)c1c(-c2ccccc2)c2cc(Cl)ccc2c(=O)n1Cc1cc(C(N)=O)n(CCO)n1. The molecule has 0 fully saturated rings. The van der Waals surface area contributed by atoms with Crippen molar-refractivity contribution >= 4 is 34.1 Å². The van der Waals surface area contributed by atoms with Gasteiger partial charge < -0.3 is 10.8 Å². The van der Waals surface area contributed by atoms with Crippen molar-refractivity contribution in [2.45, 2.75) is 26.4 Å². The number of hydrogen-bond acceptors (Lipinski definition) is 5. The number of aliphatic hydroxyl groups is 1. The molecule has 4 aromatic rings. The molecule has 2 aromatic heterocycles. The molecule has 34 heavy (non-hydrogen) atoms. The lowest BCUT2D eigenvalue weighted by molar-refractivity contribution is 0.0974. The molecule has 9 heteroatoms. The third-order valence-corrected chi connectivity index (χ3v) is 5.83. The molecule has 0 unspecified atom stereocenters. The summed E-state index contributed by atoms with van der Waals surface area (Å²) in [5.74, 6) is -0.926. The predicted molar refractivity (Wildman–Crippen MR) is 130 cm³/mol. The quantitative estimate of drug-likeness (QED) is 0.376. The van der Waals surface area contributed by atoms with Crippen LogP contribution in [0, 0.1) is 0 Å². The Hall–Kier alpha value is -3.75. The second-order valence-electron chi connectivity index (χ2n) is 7.78. The average molecular weight is 479 g/mol. The first-order chi connectivity index (χ1) is 16.3. The summed E-state index contributed by atoms with van der Waals surface area (Å²) in [6.45, 7) is 1.50. The highest BCUT2D eigenvalue weighted by molar-refractivity contribution is 6.31. The van der Waals surface area contributed by atoms with Gasteiger partial charge in [0.25, 0.3) is 11.5 Å². The number of carbonyl (C=O) groups is 2. The normalized spacial score (nSPS) is 11.1. The molecule has 0 saturated carbocycles. The molecule has 0 aliphatic rings. The molecule has 1 amide bonds. The van der Waals surface area contributed by atoms with Crippen LogP contribution in [0.3, 0.4) is 0 Å². The number of carbonyl (C=O) groups excluding carboxylic acids is 2. The molecule has 8 nitrogen and oxygen atoms in total. The van der Waals surface area contributed by atoms with Gasteiger partial charge in [-0.3, -0.25) is 23.6 Å². The van der Waals surface area contributed by atoms with E-state index in [-0.39, 0.29) is 48.8 Å². The largest absolute Gasteiger partial charge is 0.394 e. The lowest BCUT2D eigenvalue weighted by atomic mass is 9.94. The number of nitrogens with two attached hydrogens (primary N) is 1. The highest BCUT2D eigenvalue weighted by Gasteiger charge is 2.24. The van der Waals surface area contributed by atoms with E-state index in [1.54, 1.807) is 25.1 Å². The molecule has 3 N–H and O–H groups in total. The maximum Gasteiger partial charge on any atom is 0.266 e. The molecule has 4 rings (SSSR count). The number of aliphatic hydroxyl groups excluding tert-OH is 1. The van der Waals surface area contributed by atoms with Crippen molar-refractivity contribution in [3.8, 4) is 11.1 Å². The van der Waals surface area contributed by atoms with E-state index in [1.165, 1.54) is 15.3 Å². The number of benzene rings is 2. The Bertz CT molecular complexity index is 1460. The Kier molecular flexibility index (Phi) is 6.63. The fourth-order valence-corrected chi connectivity index (χ4v) is 4.27. The molecule has 0 radical (unpaired) electrons. The van der Waals surface area contributed by atoms with E-state index in [0.717, 1.165) is 5.56 Å². The van der Waals surface area contributed by atoms with E-state index in [2.05, 4.69) is 5.10 Å². The summed E-state index contributed by atoms with van der Waals surface area (Å²) in [7, 11) is 0. The van der Waals surface area contributed by atoms with Crippen LogP contribution >= 0.6 is 11.6 Å². The maximum atomic E-state index is 13.6. The smallest absolute Gasteiger partial charge is 0.266 e. The Morgan fingerprint density at radius 1 is 1.09 bits per heavy atom. The van der Waals surface area contributed by atoms with Crippen LogP contribution in [0.1, 0.15) is 40.0 Å². The van der Waals surface area contributed by atoms with Crippen molar-refractivity contribution in [2.75, 3.05) is 6.61 Å². The minimum absolute atomic E-state index is 0.0585. The molecular formula is C25H23ClN4O4. The van der Waals surface area contributed by atoms with Gasteiger partial charge in [-0.25, -0.2) is 0 Å². The van der Waals surface area contributed by atoms with Gasteiger partial charge in [0, 0.05) is 22.4 Å². The van der Waals surface area contributed by atoms with E-state index < -0.39 is 5.91 Å². The second-order valence-corrected chi connectivity index (χ2v) is 8.22. The first kappa shape index (κ1) is 23.4. The number of pyridine rings is 1. The number of primary amides is 1. The number of hydrogen-bond donors (Lipinski definition) is 2. The van der Waals surface area contributed by atoms with E-state index in [9.17, 15) is 19.5 Å². The van der Waals surface area contributed by atoms with Crippen molar-refractivity contribution in [1.82, 2.24) is 14.3 Å². The minimum Gasteiger partial charge on any atom is -0.394 e. The predicted octanol–water partition coefficient (Wildman–Crippen LogP) is 3.25. The highest BCUT2D eigenvalue weighted by Crippen LogP contribution is 2.33. The Morgan fingerprint density at radius 3 is 2.47 bits per heavy atom. The van der Waals surface area contributed by atoms with Crippen molar-refractivity contribution < 1.29 is 14.7 Å². The first-order valence-corrected chi connectivity index (χ1v) is 11.2. The van der Waals surface area contributed by atoms with Crippen LogP contribution in [-0.2, 0) is 13.1 Å². The lowest BCUT2D eigenvalue weighted by Crippen LogP contribution is -2.28. The van der Waals surface area contributed by atoms with E-state index in [1.807, 2.05) is 30.3 Å². The summed E-state index contributed by atoms with van der Waals surface area (Å²) in [6, 6.07) is 15.8. The van der Waals surface area contributed by atoms with Crippen molar-refractivity contribution in [1.29, 1.82) is 0 Å². The lowest BCUT2D eigenvalue weighted by Gasteiger charge is -2.19. The topological polar surface area (TPSA) is 120 Å². The van der Waals surface area contributed by atoms with Gasteiger partial charge in [0.1, 0.15) is 5.69 Å². The molecule has 2 heterocycles. The molecule has 0 saturated heterocycles. The van der Waals surface area contributed by atoms with Crippen molar-refractivity contribution in [3.05, 3.63) is 87.1 Å². The standard InChI is InChI=1S/C25H23ClN4O4/c1-2-21(32)23-22(15-6-4-3-5-7-15)19-12-16(26)8-9-18(19)25(34)29(23)14-17-13-20(24(27)33)30(28-17)10-11-31/h3-9,12-13,31H,2,10-11,14H2,1H3,(H2,27,33). The summed E-state index contributed by atoms with van der Waals surface area (Å²) in [5.41, 5.74) is 7.16. The van der Waals surface area contributed by atoms with Gasteiger partial charge >= 0.3 is 0 Å². The van der Waals surface area contributed by atoms with Crippen LogP contribution in [0.15, 0.2) is 59.4 Å². The first-order valence-electron chi connectivity index (χ1n) is 10.8. The molecule has 2 aromatic carbocycles. The summed E-state index contributed by atoms with van der Waals surface area (Å²) >= 11 is 6.27. The fourth-order valence-electron chi connectivity index (χ4n) is 4.10. The number of aromatic nitrogens is 3. The molecule has 0 atom stereocenters. The highest BCUT2D eigenvalue weighted by atomic mass is 35.5. The van der Waals surface area contributed by atoms with Gasteiger partial charge in [-0.05, 0) is 35.2 Å². The van der Waals surface area contributed by atoms with Gasteiger partial charge in [-0.1, -0.05) is 48.9 Å².